The van der Waals surface area contributed by atoms with Crippen LogP contribution in [-0.2, 0) is 4.84 Å². The van der Waals surface area contributed by atoms with Gasteiger partial charge in [0.2, 0.25) is 5.88 Å². The molecule has 1 unspecified atom stereocenters. The molecule has 0 spiro atoms. The summed E-state index contributed by atoms with van der Waals surface area (Å²) < 4.78 is 5.00. The van der Waals surface area contributed by atoms with Crippen molar-refractivity contribution < 1.29 is 9.57 Å². The van der Waals surface area contributed by atoms with Gasteiger partial charge in [-0.3, -0.25) is 0 Å². The zero-order valence-electron chi connectivity index (χ0n) is 8.89. The third kappa shape index (κ3) is 5.18. The van der Waals surface area contributed by atoms with Gasteiger partial charge in [0.1, 0.15) is 0 Å². The number of rotatable bonds is 4. The predicted octanol–water partition coefficient (Wildman–Crippen LogP) is 2.15. The molecule has 6 heteroatoms. The molecule has 0 fully saturated rings. The highest BCUT2D eigenvalue weighted by atomic mass is 35.5. The van der Waals surface area contributed by atoms with Gasteiger partial charge in [-0.15, -0.1) is 24.8 Å². The van der Waals surface area contributed by atoms with Crippen LogP contribution in [0.5, 0.6) is 5.88 Å². The first-order valence-corrected chi connectivity index (χ1v) is 4.06. The molecule has 0 saturated carbocycles. The monoisotopic (exact) mass is 254 g/mol. The molecule has 0 radical (unpaired) electrons. The Labute approximate surface area is 102 Å². The molecule has 0 aliphatic carbocycles. The Hall–Kier alpha value is -0.550. The first-order chi connectivity index (χ1) is 6.27. The van der Waals surface area contributed by atoms with Crippen molar-refractivity contribution in [1.82, 2.24) is 10.5 Å². The summed E-state index contributed by atoms with van der Waals surface area (Å²) in [6.45, 7) is 2.00. The van der Waals surface area contributed by atoms with Crippen molar-refractivity contribution in [2.24, 2.45) is 0 Å². The van der Waals surface area contributed by atoms with Crippen molar-refractivity contribution in [3.63, 3.8) is 0 Å². The van der Waals surface area contributed by atoms with Crippen molar-refractivity contribution in [2.45, 2.75) is 13.0 Å². The summed E-state index contributed by atoms with van der Waals surface area (Å²) >= 11 is 0. The van der Waals surface area contributed by atoms with Crippen LogP contribution in [0.1, 0.15) is 18.5 Å². The van der Waals surface area contributed by atoms with E-state index in [1.54, 1.807) is 20.4 Å². The Kier molecular flexibility index (Phi) is 9.82. The molecule has 1 aromatic heterocycles. The topological polar surface area (TPSA) is 43.4 Å². The summed E-state index contributed by atoms with van der Waals surface area (Å²) in [5, 5.41) is 0. The van der Waals surface area contributed by atoms with E-state index in [0.29, 0.717) is 5.88 Å². The normalized spacial score (nSPS) is 10.9. The maximum absolute atomic E-state index is 5.00. The number of nitrogens with one attached hydrogen (secondary N) is 1. The van der Waals surface area contributed by atoms with Crippen LogP contribution in [0, 0.1) is 0 Å². The lowest BCUT2D eigenvalue weighted by Gasteiger charge is -2.12. The van der Waals surface area contributed by atoms with Gasteiger partial charge in [0.25, 0.3) is 0 Å². The van der Waals surface area contributed by atoms with Gasteiger partial charge < -0.3 is 9.57 Å². The lowest BCUT2D eigenvalue weighted by molar-refractivity contribution is 0.0658. The van der Waals surface area contributed by atoms with E-state index >= 15 is 0 Å². The molecule has 0 bridgehead atoms. The number of aromatic nitrogens is 1. The van der Waals surface area contributed by atoms with Crippen LogP contribution in [-0.4, -0.2) is 19.2 Å². The number of pyridine rings is 1. The minimum absolute atomic E-state index is 0. The lowest BCUT2D eigenvalue weighted by Crippen LogP contribution is -2.16. The van der Waals surface area contributed by atoms with Gasteiger partial charge in [0, 0.05) is 12.3 Å². The summed E-state index contributed by atoms with van der Waals surface area (Å²) in [4.78, 5) is 8.83. The zero-order valence-corrected chi connectivity index (χ0v) is 10.5. The Morgan fingerprint density at radius 3 is 2.53 bits per heavy atom. The molecule has 1 N–H and O–H groups in total. The fourth-order valence-corrected chi connectivity index (χ4v) is 1.05. The number of ether oxygens (including phenoxy) is 1. The molecule has 1 rings (SSSR count). The van der Waals surface area contributed by atoms with Gasteiger partial charge >= 0.3 is 0 Å². The molecule has 88 valence electrons. The largest absolute Gasteiger partial charge is 0.481 e. The Morgan fingerprint density at radius 1 is 1.33 bits per heavy atom. The molecule has 1 heterocycles. The molecular formula is C9H16Cl2N2O2. The molecule has 0 aliphatic rings. The number of nitrogens with zero attached hydrogens (tertiary/aromatic N) is 1. The number of hydroxylamine groups is 1. The average molecular weight is 255 g/mol. The van der Waals surface area contributed by atoms with Crippen LogP contribution in [0.15, 0.2) is 18.3 Å². The standard InChI is InChI=1S/C9H14N2O2.2ClH/c1-7(11-13-3)8-4-5-10-9(6-8)12-2;;/h4-7,11H,1-3H3;2*1H. The summed E-state index contributed by atoms with van der Waals surface area (Å²) in [6.07, 6.45) is 1.71. The molecule has 0 aromatic carbocycles. The third-order valence-corrected chi connectivity index (χ3v) is 1.76. The van der Waals surface area contributed by atoms with Gasteiger partial charge in [-0.25, -0.2) is 4.98 Å². The zero-order chi connectivity index (χ0) is 9.68. The third-order valence-electron chi connectivity index (χ3n) is 1.76. The Balaban J connectivity index is 0. The maximum Gasteiger partial charge on any atom is 0.213 e. The molecule has 1 atom stereocenters. The van der Waals surface area contributed by atoms with Crippen LogP contribution in [0.4, 0.5) is 0 Å². The SMILES string of the molecule is CONC(C)c1ccnc(OC)c1.Cl.Cl. The second-order valence-corrected chi connectivity index (χ2v) is 2.68. The lowest BCUT2D eigenvalue weighted by atomic mass is 10.1. The Morgan fingerprint density at radius 2 is 2.00 bits per heavy atom. The molecular weight excluding hydrogens is 239 g/mol. The second kappa shape index (κ2) is 8.73. The molecule has 0 saturated heterocycles. The van der Waals surface area contributed by atoms with E-state index in [1.807, 2.05) is 19.1 Å². The molecule has 1 aromatic rings. The molecule has 4 nitrogen and oxygen atoms in total. The average Bonchev–Trinajstić information content (AvgIpc) is 2.18. The van der Waals surface area contributed by atoms with Crippen LogP contribution in [0.3, 0.4) is 0 Å². The van der Waals surface area contributed by atoms with E-state index in [-0.39, 0.29) is 30.9 Å². The quantitative estimate of drug-likeness (QED) is 0.837. The number of halogens is 2. The summed E-state index contributed by atoms with van der Waals surface area (Å²) in [5.41, 5.74) is 3.91. The van der Waals surface area contributed by atoms with Crippen LogP contribution >= 0.6 is 24.8 Å². The molecule has 0 amide bonds. The maximum atomic E-state index is 5.00. The highest BCUT2D eigenvalue weighted by Crippen LogP contribution is 2.15. The van der Waals surface area contributed by atoms with Gasteiger partial charge in [0.05, 0.1) is 20.3 Å². The molecule has 15 heavy (non-hydrogen) atoms. The summed E-state index contributed by atoms with van der Waals surface area (Å²) in [5.74, 6) is 0.613. The number of methoxy groups -OCH3 is 1. The Bertz CT molecular complexity index is 274. The van der Waals surface area contributed by atoms with Crippen LogP contribution in [0.25, 0.3) is 0 Å². The summed E-state index contributed by atoms with van der Waals surface area (Å²) in [6, 6.07) is 3.91. The summed E-state index contributed by atoms with van der Waals surface area (Å²) in [7, 11) is 3.19. The second-order valence-electron chi connectivity index (χ2n) is 2.68. The van der Waals surface area contributed by atoms with Crippen LogP contribution in [0.2, 0.25) is 0 Å². The van der Waals surface area contributed by atoms with Gasteiger partial charge in [-0.2, -0.15) is 5.48 Å². The van der Waals surface area contributed by atoms with Gasteiger partial charge in [-0.1, -0.05) is 0 Å². The predicted molar refractivity (Wildman–Crippen MR) is 63.8 cm³/mol. The minimum atomic E-state index is 0. The number of hydrogen-bond donors (Lipinski definition) is 1. The fraction of sp³-hybridized carbons (Fsp3) is 0.444. The minimum Gasteiger partial charge on any atom is -0.481 e. The van der Waals surface area contributed by atoms with Crippen molar-refractivity contribution in [3.05, 3.63) is 23.9 Å². The van der Waals surface area contributed by atoms with Gasteiger partial charge in [0.15, 0.2) is 0 Å². The van der Waals surface area contributed by atoms with Crippen molar-refractivity contribution in [3.8, 4) is 5.88 Å². The number of hydrogen-bond acceptors (Lipinski definition) is 4. The highest BCUT2D eigenvalue weighted by Gasteiger charge is 2.05. The van der Waals surface area contributed by atoms with E-state index in [4.69, 9.17) is 9.57 Å². The van der Waals surface area contributed by atoms with Crippen molar-refractivity contribution in [1.29, 1.82) is 0 Å². The van der Waals surface area contributed by atoms with E-state index in [1.165, 1.54) is 0 Å². The smallest absolute Gasteiger partial charge is 0.213 e. The fourth-order valence-electron chi connectivity index (χ4n) is 1.05. The highest BCUT2D eigenvalue weighted by molar-refractivity contribution is 5.85. The van der Waals surface area contributed by atoms with Crippen LogP contribution < -0.4 is 10.2 Å². The van der Waals surface area contributed by atoms with Crippen molar-refractivity contribution >= 4 is 24.8 Å². The van der Waals surface area contributed by atoms with Gasteiger partial charge in [-0.05, 0) is 18.6 Å². The first kappa shape index (κ1) is 16.9. The van der Waals surface area contributed by atoms with Crippen molar-refractivity contribution in [2.75, 3.05) is 14.2 Å². The van der Waals surface area contributed by atoms with E-state index < -0.39 is 0 Å². The first-order valence-electron chi connectivity index (χ1n) is 4.06. The molecule has 0 aliphatic heterocycles. The van der Waals surface area contributed by atoms with E-state index in [2.05, 4.69) is 10.5 Å². The van der Waals surface area contributed by atoms with E-state index in [9.17, 15) is 0 Å². The van der Waals surface area contributed by atoms with E-state index in [0.717, 1.165) is 5.56 Å².